The molecule has 0 atom stereocenters. The fraction of sp³-hybridized carbons (Fsp3) is 0.0833. The fourth-order valence-electron chi connectivity index (χ4n) is 1.12. The van der Waals surface area contributed by atoms with Gasteiger partial charge in [0, 0.05) is 22.0 Å². The van der Waals surface area contributed by atoms with Crippen LogP contribution in [0.25, 0.3) is 0 Å². The average Bonchev–Trinajstić information content (AvgIpc) is 2.79. The molecule has 3 heteroatoms. The quantitative estimate of drug-likeness (QED) is 0.552. The van der Waals surface area contributed by atoms with E-state index in [1.807, 2.05) is 35.2 Å². The molecule has 0 aromatic carbocycles. The molecular weight excluding hydrogens is 222 g/mol. The van der Waals surface area contributed by atoms with Crippen LogP contribution in [0.15, 0.2) is 40.1 Å². The molecule has 2 rings (SSSR count). The Morgan fingerprint density at radius 2 is 2.27 bits per heavy atom. The van der Waals surface area contributed by atoms with Gasteiger partial charge in [-0.1, -0.05) is 5.92 Å². The summed E-state index contributed by atoms with van der Waals surface area (Å²) in [5, 5.41) is 4.06. The molecule has 0 saturated heterocycles. The van der Waals surface area contributed by atoms with Gasteiger partial charge in [-0.05, 0) is 35.8 Å². The van der Waals surface area contributed by atoms with E-state index in [9.17, 15) is 0 Å². The molecule has 15 heavy (non-hydrogen) atoms. The van der Waals surface area contributed by atoms with Crippen LogP contribution in [0.3, 0.4) is 0 Å². The molecule has 0 fully saturated rings. The third kappa shape index (κ3) is 2.62. The molecule has 0 aliphatic heterocycles. The van der Waals surface area contributed by atoms with E-state index in [-0.39, 0.29) is 0 Å². The molecular formula is C12H9NS2. The number of pyridine rings is 1. The van der Waals surface area contributed by atoms with Crippen molar-refractivity contribution in [2.24, 2.45) is 0 Å². The zero-order chi connectivity index (χ0) is 10.5. The van der Waals surface area contributed by atoms with Crippen molar-refractivity contribution in [1.29, 1.82) is 0 Å². The smallest absolute Gasteiger partial charge is 0.127 e. The maximum Gasteiger partial charge on any atom is 0.127 e. The van der Waals surface area contributed by atoms with Gasteiger partial charge in [-0.3, -0.25) is 0 Å². The highest BCUT2D eigenvalue weighted by Crippen LogP contribution is 2.16. The molecule has 0 bridgehead atoms. The lowest BCUT2D eigenvalue weighted by Crippen LogP contribution is -1.84. The van der Waals surface area contributed by atoms with E-state index < -0.39 is 0 Å². The molecule has 0 aliphatic rings. The van der Waals surface area contributed by atoms with Crippen molar-refractivity contribution in [3.05, 3.63) is 46.4 Å². The van der Waals surface area contributed by atoms with Gasteiger partial charge in [-0.2, -0.15) is 11.3 Å². The average molecular weight is 231 g/mol. The molecule has 2 heterocycles. The molecule has 0 amide bonds. The summed E-state index contributed by atoms with van der Waals surface area (Å²) in [6.45, 7) is 0. The van der Waals surface area contributed by atoms with Gasteiger partial charge in [0.05, 0.1) is 0 Å². The minimum atomic E-state index is 0.858. The highest BCUT2D eigenvalue weighted by Gasteiger charge is 1.97. The Hall–Kier alpha value is -1.24. The van der Waals surface area contributed by atoms with Crippen LogP contribution in [0.5, 0.6) is 0 Å². The van der Waals surface area contributed by atoms with Crippen LogP contribution in [0, 0.1) is 11.8 Å². The van der Waals surface area contributed by atoms with Crippen molar-refractivity contribution in [1.82, 2.24) is 4.98 Å². The van der Waals surface area contributed by atoms with Gasteiger partial charge in [-0.25, -0.2) is 4.98 Å². The monoisotopic (exact) mass is 231 g/mol. The van der Waals surface area contributed by atoms with Gasteiger partial charge in [0.1, 0.15) is 5.69 Å². The van der Waals surface area contributed by atoms with Crippen LogP contribution in [0.2, 0.25) is 0 Å². The lowest BCUT2D eigenvalue weighted by molar-refractivity contribution is 1.20. The van der Waals surface area contributed by atoms with Crippen molar-refractivity contribution >= 4 is 23.1 Å². The van der Waals surface area contributed by atoms with E-state index >= 15 is 0 Å². The topological polar surface area (TPSA) is 12.9 Å². The van der Waals surface area contributed by atoms with Crippen LogP contribution in [-0.2, 0) is 0 Å². The number of aromatic nitrogens is 1. The highest BCUT2D eigenvalue weighted by molar-refractivity contribution is 7.98. The number of hydrogen-bond acceptors (Lipinski definition) is 3. The minimum Gasteiger partial charge on any atom is -0.247 e. The fourth-order valence-corrected chi connectivity index (χ4v) is 2.22. The van der Waals surface area contributed by atoms with Crippen molar-refractivity contribution in [3.8, 4) is 11.8 Å². The normalized spacial score (nSPS) is 9.40. The van der Waals surface area contributed by atoms with Crippen LogP contribution < -0.4 is 0 Å². The second kappa shape index (κ2) is 5.01. The minimum absolute atomic E-state index is 0.858. The number of thioether (sulfide) groups is 1. The largest absolute Gasteiger partial charge is 0.247 e. The van der Waals surface area contributed by atoms with Crippen molar-refractivity contribution in [3.63, 3.8) is 0 Å². The SMILES string of the molecule is CSc1cccnc1C#Cc1ccsc1. The van der Waals surface area contributed by atoms with Gasteiger partial charge in [0.15, 0.2) is 0 Å². The Kier molecular flexibility index (Phi) is 3.44. The summed E-state index contributed by atoms with van der Waals surface area (Å²) in [6, 6.07) is 5.98. The van der Waals surface area contributed by atoms with Gasteiger partial charge < -0.3 is 0 Å². The highest BCUT2D eigenvalue weighted by atomic mass is 32.2. The molecule has 2 aromatic heterocycles. The molecule has 1 nitrogen and oxygen atoms in total. The molecule has 0 radical (unpaired) electrons. The molecule has 74 valence electrons. The number of hydrogen-bond donors (Lipinski definition) is 0. The van der Waals surface area contributed by atoms with Crippen LogP contribution in [0.4, 0.5) is 0 Å². The van der Waals surface area contributed by atoms with Crippen LogP contribution in [0.1, 0.15) is 11.3 Å². The first-order chi connectivity index (χ1) is 7.40. The first kappa shape index (κ1) is 10.3. The van der Waals surface area contributed by atoms with Crippen LogP contribution in [-0.4, -0.2) is 11.2 Å². The summed E-state index contributed by atoms with van der Waals surface area (Å²) >= 11 is 3.33. The van der Waals surface area contributed by atoms with E-state index in [4.69, 9.17) is 0 Å². The van der Waals surface area contributed by atoms with Gasteiger partial charge in [-0.15, -0.1) is 11.8 Å². The maximum absolute atomic E-state index is 4.26. The predicted molar refractivity (Wildman–Crippen MR) is 66.3 cm³/mol. The van der Waals surface area contributed by atoms with Crippen LogP contribution >= 0.6 is 23.1 Å². The maximum atomic E-state index is 4.26. The predicted octanol–water partition coefficient (Wildman–Crippen LogP) is 3.26. The Morgan fingerprint density at radius 1 is 1.33 bits per heavy atom. The number of rotatable bonds is 1. The van der Waals surface area contributed by atoms with Crippen molar-refractivity contribution < 1.29 is 0 Å². The first-order valence-corrected chi connectivity index (χ1v) is 6.60. The first-order valence-electron chi connectivity index (χ1n) is 4.43. The summed E-state index contributed by atoms with van der Waals surface area (Å²) in [4.78, 5) is 5.38. The lowest BCUT2D eigenvalue weighted by atomic mass is 10.3. The molecule has 0 aliphatic carbocycles. The van der Waals surface area contributed by atoms with Crippen molar-refractivity contribution in [2.75, 3.05) is 6.26 Å². The standard InChI is InChI=1S/C12H9NS2/c1-14-12-3-2-7-13-11(12)5-4-10-6-8-15-9-10/h2-3,6-9H,1H3. The third-order valence-corrected chi connectivity index (χ3v) is 3.29. The Labute approximate surface area is 97.6 Å². The lowest BCUT2D eigenvalue weighted by Gasteiger charge is -1.96. The summed E-state index contributed by atoms with van der Waals surface area (Å²) in [6.07, 6.45) is 3.81. The zero-order valence-electron chi connectivity index (χ0n) is 8.23. The molecule has 0 unspecified atom stereocenters. The molecule has 0 spiro atoms. The van der Waals surface area contributed by atoms with E-state index in [1.54, 1.807) is 29.3 Å². The number of nitrogens with zero attached hydrogens (tertiary/aromatic N) is 1. The summed E-state index contributed by atoms with van der Waals surface area (Å²) < 4.78 is 0. The van der Waals surface area contributed by atoms with Gasteiger partial charge >= 0.3 is 0 Å². The Balaban J connectivity index is 2.31. The molecule has 0 N–H and O–H groups in total. The third-order valence-electron chi connectivity index (χ3n) is 1.84. The summed E-state index contributed by atoms with van der Waals surface area (Å²) in [7, 11) is 0. The second-order valence-corrected chi connectivity index (χ2v) is 4.44. The van der Waals surface area contributed by atoms with E-state index in [0.29, 0.717) is 0 Å². The molecule has 0 saturated carbocycles. The zero-order valence-corrected chi connectivity index (χ0v) is 9.86. The Bertz CT molecular complexity index is 492. The second-order valence-electron chi connectivity index (χ2n) is 2.82. The van der Waals surface area contributed by atoms with Gasteiger partial charge in [0.25, 0.3) is 0 Å². The van der Waals surface area contributed by atoms with E-state index in [2.05, 4.69) is 16.8 Å². The van der Waals surface area contributed by atoms with E-state index in [1.165, 1.54) is 0 Å². The summed E-state index contributed by atoms with van der Waals surface area (Å²) in [5.41, 5.74) is 1.91. The Morgan fingerprint density at radius 3 is 3.00 bits per heavy atom. The molecule has 2 aromatic rings. The summed E-state index contributed by atoms with van der Waals surface area (Å²) in [5.74, 6) is 6.19. The van der Waals surface area contributed by atoms with E-state index in [0.717, 1.165) is 16.2 Å². The number of thiophene rings is 1. The van der Waals surface area contributed by atoms with Crippen molar-refractivity contribution in [2.45, 2.75) is 4.90 Å². The van der Waals surface area contributed by atoms with Gasteiger partial charge in [0.2, 0.25) is 0 Å².